The Balaban J connectivity index is 1.95. The van der Waals surface area contributed by atoms with Gasteiger partial charge in [-0.2, -0.15) is 4.72 Å². The Hall–Kier alpha value is -1.68. The summed E-state index contributed by atoms with van der Waals surface area (Å²) in [4.78, 5) is 23.9. The molecule has 150 valence electrons. The van der Waals surface area contributed by atoms with Crippen molar-refractivity contribution in [3.8, 4) is 0 Å². The van der Waals surface area contributed by atoms with Crippen LogP contribution in [0.15, 0.2) is 29.2 Å². The number of carbonyl (C=O) groups is 2. The largest absolute Gasteiger partial charge is 0.454 e. The number of amides is 1. The van der Waals surface area contributed by atoms with Crippen LogP contribution >= 0.6 is 11.6 Å². The van der Waals surface area contributed by atoms with Gasteiger partial charge in [-0.25, -0.2) is 8.42 Å². The average molecular weight is 419 g/mol. The van der Waals surface area contributed by atoms with E-state index in [0.29, 0.717) is 5.02 Å². The number of aliphatic hydroxyl groups is 1. The average Bonchev–Trinajstić information content (AvgIpc) is 3.10. The molecule has 1 fully saturated rings. The second-order valence-electron chi connectivity index (χ2n) is 6.45. The third-order valence-corrected chi connectivity index (χ3v) is 5.92. The molecule has 1 aliphatic carbocycles. The molecule has 0 radical (unpaired) electrons. The fourth-order valence-electron chi connectivity index (χ4n) is 2.76. The molecular weight excluding hydrogens is 396 g/mol. The van der Waals surface area contributed by atoms with Gasteiger partial charge < -0.3 is 15.2 Å². The number of carbonyl (C=O) groups excluding carboxylic acids is 2. The number of benzene rings is 1. The van der Waals surface area contributed by atoms with E-state index in [1.54, 1.807) is 0 Å². The SMILES string of the molecule is C[C@@H](O)[C@H](NS(=O)(=O)c1ccc(Cl)cc1)C(=O)OCC(=O)NC1CCCC1. The monoisotopic (exact) mass is 418 g/mol. The van der Waals surface area contributed by atoms with E-state index in [0.717, 1.165) is 25.7 Å². The number of nitrogens with one attached hydrogen (secondary N) is 2. The highest BCUT2D eigenvalue weighted by atomic mass is 35.5. The fraction of sp³-hybridized carbons (Fsp3) is 0.529. The van der Waals surface area contributed by atoms with Crippen LogP contribution in [0.5, 0.6) is 0 Å². The second kappa shape index (κ2) is 9.50. The maximum atomic E-state index is 12.4. The lowest BCUT2D eigenvalue weighted by Crippen LogP contribution is -2.49. The van der Waals surface area contributed by atoms with Gasteiger partial charge in [0.25, 0.3) is 5.91 Å². The van der Waals surface area contributed by atoms with Gasteiger partial charge in [0.1, 0.15) is 6.04 Å². The van der Waals surface area contributed by atoms with Crippen LogP contribution in [0.2, 0.25) is 5.02 Å². The van der Waals surface area contributed by atoms with Crippen molar-refractivity contribution in [3.63, 3.8) is 0 Å². The van der Waals surface area contributed by atoms with Crippen LogP contribution in [0.25, 0.3) is 0 Å². The van der Waals surface area contributed by atoms with Crippen molar-refractivity contribution >= 4 is 33.5 Å². The summed E-state index contributed by atoms with van der Waals surface area (Å²) >= 11 is 5.73. The molecule has 2 atom stereocenters. The molecule has 27 heavy (non-hydrogen) atoms. The van der Waals surface area contributed by atoms with E-state index in [-0.39, 0.29) is 10.9 Å². The van der Waals surface area contributed by atoms with Crippen LogP contribution in [-0.4, -0.2) is 50.2 Å². The van der Waals surface area contributed by atoms with Crippen molar-refractivity contribution in [2.24, 2.45) is 0 Å². The van der Waals surface area contributed by atoms with Crippen LogP contribution in [0.1, 0.15) is 32.6 Å². The number of esters is 1. The molecule has 3 N–H and O–H groups in total. The van der Waals surface area contributed by atoms with Crippen molar-refractivity contribution in [3.05, 3.63) is 29.3 Å². The molecule has 2 rings (SSSR count). The van der Waals surface area contributed by atoms with Crippen LogP contribution < -0.4 is 10.0 Å². The van der Waals surface area contributed by atoms with Crippen LogP contribution in [0.3, 0.4) is 0 Å². The van der Waals surface area contributed by atoms with Crippen molar-refractivity contribution in [1.29, 1.82) is 0 Å². The quantitative estimate of drug-likeness (QED) is 0.541. The number of ether oxygens (including phenoxy) is 1. The van der Waals surface area contributed by atoms with Crippen molar-refractivity contribution in [2.45, 2.75) is 55.7 Å². The summed E-state index contributed by atoms with van der Waals surface area (Å²) in [5.74, 6) is -1.50. The Labute approximate surface area is 163 Å². The summed E-state index contributed by atoms with van der Waals surface area (Å²) in [5.41, 5.74) is 0. The van der Waals surface area contributed by atoms with Gasteiger partial charge in [-0.3, -0.25) is 9.59 Å². The number of aliphatic hydroxyl groups excluding tert-OH is 1. The molecule has 1 aliphatic rings. The second-order valence-corrected chi connectivity index (χ2v) is 8.60. The molecule has 10 heteroatoms. The van der Waals surface area contributed by atoms with E-state index in [1.165, 1.54) is 31.2 Å². The smallest absolute Gasteiger partial charge is 0.327 e. The number of rotatable bonds is 8. The van der Waals surface area contributed by atoms with E-state index in [4.69, 9.17) is 16.3 Å². The molecule has 0 aliphatic heterocycles. The van der Waals surface area contributed by atoms with E-state index in [1.807, 2.05) is 0 Å². The van der Waals surface area contributed by atoms with E-state index in [2.05, 4.69) is 10.0 Å². The third kappa shape index (κ3) is 6.46. The van der Waals surface area contributed by atoms with Gasteiger partial charge in [-0.1, -0.05) is 24.4 Å². The third-order valence-electron chi connectivity index (χ3n) is 4.21. The first kappa shape index (κ1) is 21.6. The van der Waals surface area contributed by atoms with Crippen LogP contribution in [0.4, 0.5) is 0 Å². The summed E-state index contributed by atoms with van der Waals surface area (Å²) in [6.45, 7) is 0.704. The lowest BCUT2D eigenvalue weighted by molar-refractivity contribution is -0.152. The molecule has 0 unspecified atom stereocenters. The molecule has 1 aromatic carbocycles. The molecule has 0 saturated heterocycles. The lowest BCUT2D eigenvalue weighted by atomic mass is 10.2. The summed E-state index contributed by atoms with van der Waals surface area (Å²) in [5, 5.41) is 12.9. The fourth-order valence-corrected chi connectivity index (χ4v) is 4.14. The van der Waals surface area contributed by atoms with Gasteiger partial charge in [0, 0.05) is 11.1 Å². The number of hydrogen-bond acceptors (Lipinski definition) is 6. The first-order chi connectivity index (χ1) is 12.7. The summed E-state index contributed by atoms with van der Waals surface area (Å²) in [6.07, 6.45) is 2.49. The molecule has 0 bridgehead atoms. The van der Waals surface area contributed by atoms with Crippen molar-refractivity contribution in [2.75, 3.05) is 6.61 Å². The molecule has 0 spiro atoms. The molecule has 1 saturated carbocycles. The summed E-state index contributed by atoms with van der Waals surface area (Å²) < 4.78 is 31.7. The summed E-state index contributed by atoms with van der Waals surface area (Å²) in [6, 6.07) is 3.84. The zero-order valence-electron chi connectivity index (χ0n) is 14.9. The van der Waals surface area contributed by atoms with E-state index < -0.39 is 40.7 Å². The highest BCUT2D eigenvalue weighted by molar-refractivity contribution is 7.89. The normalized spacial score (nSPS) is 17.3. The number of hydrogen-bond donors (Lipinski definition) is 3. The lowest BCUT2D eigenvalue weighted by Gasteiger charge is -2.20. The molecule has 0 aromatic heterocycles. The van der Waals surface area contributed by atoms with Gasteiger partial charge in [0.2, 0.25) is 10.0 Å². The minimum absolute atomic E-state index is 0.0761. The van der Waals surface area contributed by atoms with Gasteiger partial charge in [0.05, 0.1) is 11.0 Å². The molecular formula is C17H23ClN2O6S. The van der Waals surface area contributed by atoms with E-state index in [9.17, 15) is 23.1 Å². The minimum Gasteiger partial charge on any atom is -0.454 e. The van der Waals surface area contributed by atoms with Gasteiger partial charge in [-0.15, -0.1) is 0 Å². The van der Waals surface area contributed by atoms with Crippen molar-refractivity contribution < 1.29 is 27.9 Å². The highest BCUT2D eigenvalue weighted by Crippen LogP contribution is 2.17. The zero-order chi connectivity index (χ0) is 20.0. The molecule has 1 amide bonds. The zero-order valence-corrected chi connectivity index (χ0v) is 16.4. The van der Waals surface area contributed by atoms with Gasteiger partial charge in [-0.05, 0) is 44.0 Å². The molecule has 0 heterocycles. The Kier molecular flexibility index (Phi) is 7.60. The predicted molar refractivity (Wildman–Crippen MR) is 98.6 cm³/mol. The highest BCUT2D eigenvalue weighted by Gasteiger charge is 2.31. The van der Waals surface area contributed by atoms with Gasteiger partial charge in [0.15, 0.2) is 6.61 Å². The minimum atomic E-state index is -4.09. The Morgan fingerprint density at radius 1 is 1.26 bits per heavy atom. The van der Waals surface area contributed by atoms with Gasteiger partial charge >= 0.3 is 5.97 Å². The first-order valence-electron chi connectivity index (χ1n) is 8.61. The number of halogens is 1. The Morgan fingerprint density at radius 2 is 1.85 bits per heavy atom. The topological polar surface area (TPSA) is 122 Å². The van der Waals surface area contributed by atoms with Crippen LogP contribution in [-0.2, 0) is 24.3 Å². The molecule has 8 nitrogen and oxygen atoms in total. The first-order valence-corrected chi connectivity index (χ1v) is 10.5. The van der Waals surface area contributed by atoms with Crippen molar-refractivity contribution in [1.82, 2.24) is 10.0 Å². The number of sulfonamides is 1. The maximum absolute atomic E-state index is 12.4. The van der Waals surface area contributed by atoms with E-state index >= 15 is 0 Å². The van der Waals surface area contributed by atoms with Crippen LogP contribution in [0, 0.1) is 0 Å². The predicted octanol–water partition coefficient (Wildman–Crippen LogP) is 0.970. The Bertz CT molecular complexity index is 760. The standard InChI is InChI=1S/C17H23ClN2O6S/c1-11(21)16(20-27(24,25)14-8-6-12(18)7-9-14)17(23)26-10-15(22)19-13-4-2-3-5-13/h6-9,11,13,16,20-21H,2-5,10H2,1H3,(H,19,22)/t11-,16+/m1/s1. The Morgan fingerprint density at radius 3 is 2.41 bits per heavy atom. The molecule has 1 aromatic rings. The summed E-state index contributed by atoms with van der Waals surface area (Å²) in [7, 11) is -4.09. The maximum Gasteiger partial charge on any atom is 0.327 e.